The molecule has 0 saturated carbocycles. The van der Waals surface area contributed by atoms with Crippen molar-refractivity contribution >= 4 is 19.7 Å². The number of amides is 1. The third-order valence-electron chi connectivity index (χ3n) is 17.1. The smallest absolute Gasteiger partial charge is 0.306 e. The van der Waals surface area contributed by atoms with Crippen LogP contribution in [-0.4, -0.2) is 69.4 Å². The van der Waals surface area contributed by atoms with Crippen LogP contribution in [0.15, 0.2) is 36.5 Å². The van der Waals surface area contributed by atoms with Crippen LogP contribution in [-0.2, 0) is 27.9 Å². The van der Waals surface area contributed by atoms with Crippen LogP contribution in [0.2, 0.25) is 0 Å². The Hall–Kier alpha value is -1.77. The first kappa shape index (κ1) is 83.2. The highest BCUT2D eigenvalue weighted by Crippen LogP contribution is 2.38. The first-order valence-electron chi connectivity index (χ1n) is 37.3. The minimum absolute atomic E-state index is 0.0188. The summed E-state index contributed by atoms with van der Waals surface area (Å²) in [5.74, 6) is -0.519. The molecule has 0 aromatic heterocycles. The van der Waals surface area contributed by atoms with Crippen molar-refractivity contribution in [1.82, 2.24) is 5.32 Å². The molecule has 9 nitrogen and oxygen atoms in total. The van der Waals surface area contributed by atoms with E-state index in [-0.39, 0.29) is 31.5 Å². The van der Waals surface area contributed by atoms with Gasteiger partial charge < -0.3 is 28.5 Å². The molecule has 85 heavy (non-hydrogen) atoms. The lowest BCUT2D eigenvalue weighted by Crippen LogP contribution is -2.47. The molecule has 0 heterocycles. The van der Waals surface area contributed by atoms with E-state index in [1.54, 1.807) is 0 Å². The third-order valence-corrected chi connectivity index (χ3v) is 18.0. The Morgan fingerprint density at radius 1 is 0.412 bits per heavy atom. The van der Waals surface area contributed by atoms with Crippen molar-refractivity contribution in [2.24, 2.45) is 0 Å². The second kappa shape index (κ2) is 65.2. The molecule has 10 heteroatoms. The fraction of sp³-hybridized carbons (Fsp3) is 0.893. The summed E-state index contributed by atoms with van der Waals surface area (Å²) in [6, 6.07) is -0.884. The van der Waals surface area contributed by atoms with E-state index in [9.17, 15) is 19.0 Å². The van der Waals surface area contributed by atoms with Gasteiger partial charge in [0, 0.05) is 12.8 Å². The van der Waals surface area contributed by atoms with Crippen LogP contribution >= 0.6 is 7.82 Å². The molecule has 0 aromatic carbocycles. The Morgan fingerprint density at radius 2 is 0.718 bits per heavy atom. The molecule has 0 bridgehead atoms. The molecule has 0 rings (SSSR count). The van der Waals surface area contributed by atoms with E-state index in [0.717, 1.165) is 64.2 Å². The summed E-state index contributed by atoms with van der Waals surface area (Å²) in [5, 5.41) is 3.05. The number of phosphoric ester groups is 1. The summed E-state index contributed by atoms with van der Waals surface area (Å²) in [6.07, 6.45) is 81.4. The van der Waals surface area contributed by atoms with Crippen LogP contribution < -0.4 is 10.2 Å². The minimum Gasteiger partial charge on any atom is -0.756 e. The summed E-state index contributed by atoms with van der Waals surface area (Å²) in [7, 11) is 1.21. The molecule has 0 fully saturated rings. The first-order chi connectivity index (χ1) is 41.4. The van der Waals surface area contributed by atoms with Crippen molar-refractivity contribution in [2.75, 3.05) is 40.9 Å². The fourth-order valence-corrected chi connectivity index (χ4v) is 12.0. The summed E-state index contributed by atoms with van der Waals surface area (Å²) in [4.78, 5) is 40.2. The molecule has 0 aliphatic carbocycles. The van der Waals surface area contributed by atoms with Crippen molar-refractivity contribution < 1.29 is 37.3 Å². The van der Waals surface area contributed by atoms with Crippen molar-refractivity contribution in [3.63, 3.8) is 0 Å². The molecule has 1 amide bonds. The van der Waals surface area contributed by atoms with Gasteiger partial charge >= 0.3 is 5.97 Å². The molecule has 1 N–H and O–H groups in total. The van der Waals surface area contributed by atoms with Gasteiger partial charge in [0.05, 0.1) is 33.8 Å². The molecule has 0 aliphatic rings. The van der Waals surface area contributed by atoms with Crippen molar-refractivity contribution in [3.8, 4) is 0 Å². The maximum absolute atomic E-state index is 13.6. The van der Waals surface area contributed by atoms with E-state index in [1.807, 2.05) is 33.3 Å². The second-order valence-corrected chi connectivity index (χ2v) is 28.2. The molecule has 0 aromatic rings. The van der Waals surface area contributed by atoms with Gasteiger partial charge in [-0.25, -0.2) is 0 Å². The highest BCUT2D eigenvalue weighted by molar-refractivity contribution is 7.45. The zero-order chi connectivity index (χ0) is 62.1. The van der Waals surface area contributed by atoms with Crippen LogP contribution in [0.1, 0.15) is 380 Å². The van der Waals surface area contributed by atoms with Gasteiger partial charge in [0.15, 0.2) is 0 Å². The zero-order valence-electron chi connectivity index (χ0n) is 57.6. The molecule has 0 spiro atoms. The van der Waals surface area contributed by atoms with E-state index in [2.05, 4.69) is 50.4 Å². The largest absolute Gasteiger partial charge is 0.756 e. The number of hydrogen-bond acceptors (Lipinski definition) is 7. The van der Waals surface area contributed by atoms with Gasteiger partial charge in [-0.05, 0) is 63.9 Å². The van der Waals surface area contributed by atoms with Gasteiger partial charge in [-0.2, -0.15) is 0 Å². The fourth-order valence-electron chi connectivity index (χ4n) is 11.3. The van der Waals surface area contributed by atoms with Crippen molar-refractivity contribution in [3.05, 3.63) is 36.5 Å². The number of esters is 1. The lowest BCUT2D eigenvalue weighted by atomic mass is 10.0. The van der Waals surface area contributed by atoms with Crippen molar-refractivity contribution in [2.45, 2.75) is 392 Å². The number of phosphoric acid groups is 1. The van der Waals surface area contributed by atoms with Crippen LogP contribution in [0.4, 0.5) is 0 Å². The van der Waals surface area contributed by atoms with Crippen LogP contribution in [0.5, 0.6) is 0 Å². The molecular weight excluding hydrogens is 1070 g/mol. The second-order valence-electron chi connectivity index (χ2n) is 26.8. The van der Waals surface area contributed by atoms with E-state index < -0.39 is 20.0 Å². The molecule has 0 radical (unpaired) electrons. The van der Waals surface area contributed by atoms with Gasteiger partial charge in [-0.15, -0.1) is 0 Å². The van der Waals surface area contributed by atoms with Gasteiger partial charge in [0.25, 0.3) is 7.82 Å². The van der Waals surface area contributed by atoms with E-state index >= 15 is 0 Å². The maximum atomic E-state index is 13.6. The summed E-state index contributed by atoms with van der Waals surface area (Å²) < 4.78 is 30.5. The Morgan fingerprint density at radius 3 is 1.08 bits per heavy atom. The number of ether oxygens (including phenoxy) is 1. The lowest BCUT2D eigenvalue weighted by molar-refractivity contribution is -0.870. The molecule has 0 aliphatic heterocycles. The Labute approximate surface area is 529 Å². The zero-order valence-corrected chi connectivity index (χ0v) is 58.5. The number of hydrogen-bond donors (Lipinski definition) is 1. The summed E-state index contributed by atoms with van der Waals surface area (Å²) in [5.41, 5.74) is 0. The number of unbranched alkanes of at least 4 members (excludes halogenated alkanes) is 49. The SMILES string of the molecule is CCCCC/C=C\C/C=C\CCCCCCCCCCCCCCCCCC(=O)OC(/C=C/CCCCCCCCCCC)C(COP(=O)([O-])OCC[N+](C)(C)C)NC(=O)CCCCCCCCCCCCCCCCCCCCCCCCC. The molecule has 502 valence electrons. The number of rotatable bonds is 69. The van der Waals surface area contributed by atoms with Crippen molar-refractivity contribution in [1.29, 1.82) is 0 Å². The number of carbonyl (C=O) groups is 2. The first-order valence-corrected chi connectivity index (χ1v) is 38.8. The van der Waals surface area contributed by atoms with Gasteiger partial charge in [-0.1, -0.05) is 340 Å². The Bertz CT molecular complexity index is 1550. The van der Waals surface area contributed by atoms with Crippen LogP contribution in [0.25, 0.3) is 0 Å². The van der Waals surface area contributed by atoms with Gasteiger partial charge in [-0.3, -0.25) is 14.2 Å². The average Bonchev–Trinajstić information content (AvgIpc) is 3.58. The number of allylic oxidation sites excluding steroid dienone is 5. The van der Waals surface area contributed by atoms with Gasteiger partial charge in [0.2, 0.25) is 5.91 Å². The van der Waals surface area contributed by atoms with Gasteiger partial charge in [0.1, 0.15) is 19.3 Å². The van der Waals surface area contributed by atoms with E-state index in [4.69, 9.17) is 13.8 Å². The number of quaternary nitrogens is 1. The maximum Gasteiger partial charge on any atom is 0.306 e. The standard InChI is InChI=1S/C75H145N2O7P/c1-7-10-13-16-19-22-25-27-29-31-33-35-37-38-40-42-44-46-48-50-53-56-59-62-65-68-75(79)84-73(66-63-60-57-54-51-24-21-18-15-12-9-3)72(71-83-85(80,81)82-70-69-77(4,5)6)76-74(78)67-64-61-58-55-52-49-47-45-43-41-39-36-34-32-30-28-26-23-20-17-14-11-8-2/h19,22,27,29,63,66,72-73H,7-18,20-21,23-26,28,30-62,64-65,67-71H2,1-6H3,(H-,76,78,80,81)/b22-19-,29-27-,66-63+. The Balaban J connectivity index is 4.93. The number of carbonyl (C=O) groups excluding carboxylic acids is 2. The van der Waals surface area contributed by atoms with Crippen LogP contribution in [0.3, 0.4) is 0 Å². The number of nitrogens with one attached hydrogen (secondary N) is 1. The minimum atomic E-state index is -4.70. The molecule has 3 unspecified atom stereocenters. The van der Waals surface area contributed by atoms with E-state index in [0.29, 0.717) is 17.4 Å². The molecule has 3 atom stereocenters. The summed E-state index contributed by atoms with van der Waals surface area (Å²) >= 11 is 0. The van der Waals surface area contributed by atoms with E-state index in [1.165, 1.54) is 283 Å². The predicted octanol–water partition coefficient (Wildman–Crippen LogP) is 23.2. The van der Waals surface area contributed by atoms with Crippen LogP contribution in [0, 0.1) is 0 Å². The quantitative estimate of drug-likeness (QED) is 0.0212. The highest BCUT2D eigenvalue weighted by atomic mass is 31.2. The molecular formula is C75H145N2O7P. The number of likely N-dealkylation sites (N-methyl/N-ethyl adjacent to an activating group) is 1. The molecule has 0 saturated heterocycles. The summed E-state index contributed by atoms with van der Waals surface area (Å²) in [6.45, 7) is 6.88. The average molecular weight is 1220 g/mol. The Kier molecular flexibility index (Phi) is 63.8. The predicted molar refractivity (Wildman–Crippen MR) is 367 cm³/mol. The normalized spacial score (nSPS) is 13.6. The lowest BCUT2D eigenvalue weighted by Gasteiger charge is -2.30. The topological polar surface area (TPSA) is 114 Å². The monoisotopic (exact) mass is 1220 g/mol. The highest BCUT2D eigenvalue weighted by Gasteiger charge is 2.27. The third kappa shape index (κ3) is 66.5. The number of nitrogens with zero attached hydrogens (tertiary/aromatic N) is 1.